The summed E-state index contributed by atoms with van der Waals surface area (Å²) in [5.74, 6) is 0.138. The number of rotatable bonds is 2. The molecule has 1 aliphatic carbocycles. The summed E-state index contributed by atoms with van der Waals surface area (Å²) in [6.07, 6.45) is 3.69. The van der Waals surface area contributed by atoms with E-state index in [4.69, 9.17) is 0 Å². The molecule has 0 amide bonds. The molecule has 15 heavy (non-hydrogen) atoms. The molecular weight excluding hydrogens is 184 g/mol. The fraction of sp³-hybridized carbons (Fsp3) is 0.357. The Hall–Kier alpha value is -1.37. The molecule has 0 unspecified atom stereocenters. The van der Waals surface area contributed by atoms with Crippen LogP contribution in [0.5, 0.6) is 0 Å². The van der Waals surface area contributed by atoms with Crippen molar-refractivity contribution >= 4 is 11.4 Å². The van der Waals surface area contributed by atoms with Crippen molar-refractivity contribution in [1.82, 2.24) is 0 Å². The molecule has 0 N–H and O–H groups in total. The molecule has 1 aliphatic rings. The maximum atomic E-state index is 11.1. The van der Waals surface area contributed by atoms with E-state index >= 15 is 0 Å². The quantitative estimate of drug-likeness (QED) is 0.663. The fourth-order valence-electron chi connectivity index (χ4n) is 2.19. The number of ketones is 1. The van der Waals surface area contributed by atoms with Crippen LogP contribution in [0.4, 0.5) is 0 Å². The van der Waals surface area contributed by atoms with Crippen molar-refractivity contribution < 1.29 is 4.79 Å². The van der Waals surface area contributed by atoms with Crippen molar-refractivity contribution in [2.45, 2.75) is 33.1 Å². The molecule has 2 rings (SSSR count). The number of allylic oxidation sites excluding steroid dienone is 2. The molecule has 1 aromatic carbocycles. The summed E-state index contributed by atoms with van der Waals surface area (Å²) in [6.45, 7) is 3.82. The van der Waals surface area contributed by atoms with E-state index in [1.54, 1.807) is 6.92 Å². The van der Waals surface area contributed by atoms with Gasteiger partial charge in [-0.3, -0.25) is 4.79 Å². The Morgan fingerprint density at radius 3 is 2.27 bits per heavy atom. The predicted octanol–water partition coefficient (Wildman–Crippen LogP) is 3.85. The van der Waals surface area contributed by atoms with Crippen molar-refractivity contribution in [1.29, 1.82) is 0 Å². The van der Waals surface area contributed by atoms with Gasteiger partial charge in [-0.05, 0) is 44.2 Å². The maximum absolute atomic E-state index is 11.1. The molecule has 0 heterocycles. The minimum absolute atomic E-state index is 0.138. The smallest absolute Gasteiger partial charge is 0.159 e. The van der Waals surface area contributed by atoms with Crippen LogP contribution in [-0.2, 0) is 0 Å². The van der Waals surface area contributed by atoms with Crippen molar-refractivity contribution in [2.75, 3.05) is 0 Å². The second-order valence-electron chi connectivity index (χ2n) is 4.25. The van der Waals surface area contributed by atoms with Gasteiger partial charge in [-0.15, -0.1) is 0 Å². The van der Waals surface area contributed by atoms with Gasteiger partial charge in [0.1, 0.15) is 0 Å². The average molecular weight is 200 g/mol. The molecule has 0 aliphatic heterocycles. The van der Waals surface area contributed by atoms with Crippen molar-refractivity contribution in [3.63, 3.8) is 0 Å². The SMILES string of the molecule is CC(=O)c1ccc(C2=C(C)CCC2)cc1. The summed E-state index contributed by atoms with van der Waals surface area (Å²) >= 11 is 0. The van der Waals surface area contributed by atoms with E-state index in [-0.39, 0.29) is 5.78 Å². The lowest BCUT2D eigenvalue weighted by molar-refractivity contribution is 0.101. The topological polar surface area (TPSA) is 17.1 Å². The number of hydrogen-bond donors (Lipinski definition) is 0. The zero-order valence-corrected chi connectivity index (χ0v) is 9.34. The zero-order valence-electron chi connectivity index (χ0n) is 9.34. The molecule has 0 saturated heterocycles. The van der Waals surface area contributed by atoms with E-state index < -0.39 is 0 Å². The molecule has 0 radical (unpaired) electrons. The molecule has 1 heteroatoms. The molecule has 78 valence electrons. The second kappa shape index (κ2) is 4.01. The lowest BCUT2D eigenvalue weighted by Crippen LogP contribution is -1.92. The molecule has 0 spiro atoms. The van der Waals surface area contributed by atoms with Gasteiger partial charge < -0.3 is 0 Å². The van der Waals surface area contributed by atoms with Crippen LogP contribution < -0.4 is 0 Å². The Morgan fingerprint density at radius 1 is 1.13 bits per heavy atom. The van der Waals surface area contributed by atoms with Gasteiger partial charge >= 0.3 is 0 Å². The Morgan fingerprint density at radius 2 is 1.80 bits per heavy atom. The Bertz CT molecular complexity index is 409. The summed E-state index contributed by atoms with van der Waals surface area (Å²) in [5, 5.41) is 0. The standard InChI is InChI=1S/C14H16O/c1-10-4-3-5-14(10)13-8-6-12(7-9-13)11(2)15/h6-9H,3-5H2,1-2H3. The van der Waals surface area contributed by atoms with Crippen LogP contribution in [0.2, 0.25) is 0 Å². The Labute approximate surface area is 90.8 Å². The van der Waals surface area contributed by atoms with E-state index in [1.165, 1.54) is 36.0 Å². The van der Waals surface area contributed by atoms with E-state index in [0.29, 0.717) is 0 Å². The first kappa shape index (κ1) is 10.2. The van der Waals surface area contributed by atoms with E-state index in [0.717, 1.165) is 5.56 Å². The van der Waals surface area contributed by atoms with Crippen LogP contribution >= 0.6 is 0 Å². The first-order valence-corrected chi connectivity index (χ1v) is 5.48. The zero-order chi connectivity index (χ0) is 10.8. The molecule has 0 fully saturated rings. The third kappa shape index (κ3) is 2.01. The van der Waals surface area contributed by atoms with E-state index in [1.807, 2.05) is 12.1 Å². The largest absolute Gasteiger partial charge is 0.295 e. The minimum atomic E-state index is 0.138. The highest BCUT2D eigenvalue weighted by Gasteiger charge is 2.12. The number of carbonyl (C=O) groups is 1. The number of carbonyl (C=O) groups excluding carboxylic acids is 1. The van der Waals surface area contributed by atoms with Gasteiger partial charge in [0.05, 0.1) is 0 Å². The molecule has 0 bridgehead atoms. The number of hydrogen-bond acceptors (Lipinski definition) is 1. The summed E-state index contributed by atoms with van der Waals surface area (Å²) in [5.41, 5.74) is 5.07. The maximum Gasteiger partial charge on any atom is 0.159 e. The lowest BCUT2D eigenvalue weighted by atomic mass is 10.0. The van der Waals surface area contributed by atoms with E-state index in [9.17, 15) is 4.79 Å². The number of Topliss-reactive ketones (excluding diaryl/α,β-unsaturated/α-hetero) is 1. The third-order valence-electron chi connectivity index (χ3n) is 3.13. The highest BCUT2D eigenvalue weighted by atomic mass is 16.1. The van der Waals surface area contributed by atoms with Gasteiger partial charge in [-0.2, -0.15) is 0 Å². The van der Waals surface area contributed by atoms with Gasteiger partial charge in [-0.1, -0.05) is 29.8 Å². The van der Waals surface area contributed by atoms with Crippen molar-refractivity contribution in [3.8, 4) is 0 Å². The molecule has 0 atom stereocenters. The first-order valence-electron chi connectivity index (χ1n) is 5.48. The van der Waals surface area contributed by atoms with Crippen LogP contribution in [0, 0.1) is 0 Å². The summed E-state index contributed by atoms with van der Waals surface area (Å²) in [4.78, 5) is 11.1. The van der Waals surface area contributed by atoms with Gasteiger partial charge in [0.15, 0.2) is 5.78 Å². The van der Waals surface area contributed by atoms with Crippen molar-refractivity contribution in [2.24, 2.45) is 0 Å². The van der Waals surface area contributed by atoms with Crippen LogP contribution in [-0.4, -0.2) is 5.78 Å². The van der Waals surface area contributed by atoms with Gasteiger partial charge in [-0.25, -0.2) is 0 Å². The average Bonchev–Trinajstić information content (AvgIpc) is 2.65. The molecule has 0 aromatic heterocycles. The van der Waals surface area contributed by atoms with E-state index in [2.05, 4.69) is 19.1 Å². The fourth-order valence-corrected chi connectivity index (χ4v) is 2.19. The van der Waals surface area contributed by atoms with Gasteiger partial charge in [0.25, 0.3) is 0 Å². The summed E-state index contributed by atoms with van der Waals surface area (Å²) < 4.78 is 0. The van der Waals surface area contributed by atoms with Crippen LogP contribution in [0.15, 0.2) is 29.8 Å². The molecular formula is C14H16O. The summed E-state index contributed by atoms with van der Waals surface area (Å²) in [7, 11) is 0. The lowest BCUT2D eigenvalue weighted by Gasteiger charge is -2.04. The van der Waals surface area contributed by atoms with Gasteiger partial charge in [0, 0.05) is 5.56 Å². The van der Waals surface area contributed by atoms with Crippen LogP contribution in [0.3, 0.4) is 0 Å². The van der Waals surface area contributed by atoms with Crippen LogP contribution in [0.1, 0.15) is 49.0 Å². The third-order valence-corrected chi connectivity index (χ3v) is 3.13. The monoisotopic (exact) mass is 200 g/mol. The second-order valence-corrected chi connectivity index (χ2v) is 4.25. The molecule has 1 aromatic rings. The highest BCUT2D eigenvalue weighted by Crippen LogP contribution is 2.33. The van der Waals surface area contributed by atoms with Crippen molar-refractivity contribution in [3.05, 3.63) is 41.0 Å². The number of benzene rings is 1. The summed E-state index contributed by atoms with van der Waals surface area (Å²) in [6, 6.07) is 7.99. The minimum Gasteiger partial charge on any atom is -0.295 e. The molecule has 1 nitrogen and oxygen atoms in total. The van der Waals surface area contributed by atoms with Gasteiger partial charge in [0.2, 0.25) is 0 Å². The normalized spacial score (nSPS) is 15.9. The Kier molecular flexibility index (Phi) is 2.72. The van der Waals surface area contributed by atoms with Crippen LogP contribution in [0.25, 0.3) is 5.57 Å². The Balaban J connectivity index is 2.31. The molecule has 0 saturated carbocycles. The highest BCUT2D eigenvalue weighted by molar-refractivity contribution is 5.94. The predicted molar refractivity (Wildman–Crippen MR) is 62.9 cm³/mol. The first-order chi connectivity index (χ1) is 7.18.